The highest BCUT2D eigenvalue weighted by Crippen LogP contribution is 2.31. The first kappa shape index (κ1) is 17.0. The van der Waals surface area contributed by atoms with Crippen LogP contribution in [0.15, 0.2) is 53.7 Å². The molecule has 136 valence electrons. The molecular formula is C19H20FN3O2S. The van der Waals surface area contributed by atoms with Crippen molar-refractivity contribution in [1.82, 2.24) is 9.55 Å². The number of fused-ring (bicyclic) bond motifs is 1. The lowest BCUT2D eigenvalue weighted by Gasteiger charge is -2.23. The van der Waals surface area contributed by atoms with Crippen LogP contribution in [-0.2, 0) is 10.0 Å². The van der Waals surface area contributed by atoms with E-state index >= 15 is 0 Å². The Kier molecular flexibility index (Phi) is 4.40. The summed E-state index contributed by atoms with van der Waals surface area (Å²) in [7, 11) is -3.76. The minimum Gasteiger partial charge on any atom is -0.327 e. The number of imidazole rings is 1. The maximum absolute atomic E-state index is 13.0. The van der Waals surface area contributed by atoms with Gasteiger partial charge in [0.2, 0.25) is 0 Å². The average Bonchev–Trinajstić information content (AvgIpc) is 3.05. The normalized spacial score (nSPS) is 16.0. The first-order valence-electron chi connectivity index (χ1n) is 8.78. The molecule has 1 fully saturated rings. The van der Waals surface area contributed by atoms with Crippen molar-refractivity contribution >= 4 is 26.7 Å². The van der Waals surface area contributed by atoms with Gasteiger partial charge in [0, 0.05) is 6.04 Å². The fourth-order valence-electron chi connectivity index (χ4n) is 3.57. The molecule has 3 aromatic rings. The molecule has 4 rings (SSSR count). The third-order valence-electron chi connectivity index (χ3n) is 4.92. The molecule has 7 heteroatoms. The van der Waals surface area contributed by atoms with Gasteiger partial charge in [-0.25, -0.2) is 17.8 Å². The van der Waals surface area contributed by atoms with Crippen molar-refractivity contribution in [3.05, 3.63) is 54.6 Å². The molecule has 0 aliphatic heterocycles. The smallest absolute Gasteiger partial charge is 0.261 e. The standard InChI is InChI=1S/C19H20FN3O2S/c20-14-6-9-17(10-7-14)26(24,25)22-15-8-11-19-18(12-15)21-13-23(19)16-4-2-1-3-5-16/h6-13,16,22H,1-5H2. The summed E-state index contributed by atoms with van der Waals surface area (Å²) in [6.45, 7) is 0. The lowest BCUT2D eigenvalue weighted by Crippen LogP contribution is -2.13. The Labute approximate surface area is 151 Å². The molecule has 0 saturated heterocycles. The molecule has 1 saturated carbocycles. The Hall–Kier alpha value is -2.41. The van der Waals surface area contributed by atoms with Crippen molar-refractivity contribution in [2.75, 3.05) is 4.72 Å². The van der Waals surface area contributed by atoms with Gasteiger partial charge in [0.25, 0.3) is 10.0 Å². The van der Waals surface area contributed by atoms with Crippen LogP contribution < -0.4 is 4.72 Å². The van der Waals surface area contributed by atoms with Gasteiger partial charge in [-0.05, 0) is 55.3 Å². The van der Waals surface area contributed by atoms with E-state index in [-0.39, 0.29) is 4.90 Å². The van der Waals surface area contributed by atoms with E-state index in [2.05, 4.69) is 14.3 Å². The van der Waals surface area contributed by atoms with Crippen LogP contribution >= 0.6 is 0 Å². The predicted molar refractivity (Wildman–Crippen MR) is 99.1 cm³/mol. The van der Waals surface area contributed by atoms with Gasteiger partial charge >= 0.3 is 0 Å². The van der Waals surface area contributed by atoms with Crippen LogP contribution in [0.3, 0.4) is 0 Å². The number of hydrogen-bond donors (Lipinski definition) is 1. The Morgan fingerprint density at radius 2 is 1.77 bits per heavy atom. The molecule has 26 heavy (non-hydrogen) atoms. The highest BCUT2D eigenvalue weighted by Gasteiger charge is 2.18. The van der Waals surface area contributed by atoms with Gasteiger partial charge in [-0.1, -0.05) is 19.3 Å². The van der Waals surface area contributed by atoms with Crippen LogP contribution in [0.2, 0.25) is 0 Å². The summed E-state index contributed by atoms with van der Waals surface area (Å²) in [6.07, 6.45) is 7.92. The third kappa shape index (κ3) is 3.31. The van der Waals surface area contributed by atoms with Crippen LogP contribution in [0.5, 0.6) is 0 Å². The second-order valence-electron chi connectivity index (χ2n) is 6.71. The fraction of sp³-hybridized carbons (Fsp3) is 0.316. The maximum atomic E-state index is 13.0. The number of aromatic nitrogens is 2. The number of benzene rings is 2. The van der Waals surface area contributed by atoms with Crippen LogP contribution in [0.25, 0.3) is 11.0 Å². The van der Waals surface area contributed by atoms with Crippen LogP contribution in [-0.4, -0.2) is 18.0 Å². The summed E-state index contributed by atoms with van der Waals surface area (Å²) in [4.78, 5) is 4.47. The molecule has 1 aliphatic carbocycles. The second-order valence-corrected chi connectivity index (χ2v) is 8.39. The van der Waals surface area contributed by atoms with Gasteiger partial charge in [-0.2, -0.15) is 0 Å². The van der Waals surface area contributed by atoms with Gasteiger partial charge in [-0.3, -0.25) is 4.72 Å². The number of rotatable bonds is 4. The van der Waals surface area contributed by atoms with Crippen LogP contribution in [0, 0.1) is 5.82 Å². The highest BCUT2D eigenvalue weighted by atomic mass is 32.2. The van der Waals surface area contributed by atoms with Crippen molar-refractivity contribution in [3.63, 3.8) is 0 Å². The van der Waals surface area contributed by atoms with E-state index in [9.17, 15) is 12.8 Å². The number of nitrogens with one attached hydrogen (secondary N) is 1. The number of halogens is 1. The van der Waals surface area contributed by atoms with Gasteiger partial charge in [0.05, 0.1) is 27.9 Å². The summed E-state index contributed by atoms with van der Waals surface area (Å²) in [5.74, 6) is -0.473. The largest absolute Gasteiger partial charge is 0.327 e. The zero-order valence-corrected chi connectivity index (χ0v) is 15.0. The maximum Gasteiger partial charge on any atom is 0.261 e. The van der Waals surface area contributed by atoms with Gasteiger partial charge in [-0.15, -0.1) is 0 Å². The Bertz CT molecular complexity index is 1020. The molecule has 1 heterocycles. The number of sulfonamides is 1. The molecule has 2 aromatic carbocycles. The van der Waals surface area contributed by atoms with Gasteiger partial charge < -0.3 is 4.57 Å². The lowest BCUT2D eigenvalue weighted by atomic mass is 9.95. The van der Waals surface area contributed by atoms with E-state index < -0.39 is 15.8 Å². The molecule has 0 unspecified atom stereocenters. The zero-order valence-electron chi connectivity index (χ0n) is 14.2. The molecule has 1 aromatic heterocycles. The molecule has 0 atom stereocenters. The van der Waals surface area contributed by atoms with Gasteiger partial charge in [0.1, 0.15) is 5.82 Å². The average molecular weight is 373 g/mol. The van der Waals surface area contributed by atoms with Crippen LogP contribution in [0.4, 0.5) is 10.1 Å². The number of hydrogen-bond acceptors (Lipinski definition) is 3. The minimum atomic E-state index is -3.76. The molecule has 5 nitrogen and oxygen atoms in total. The molecule has 0 radical (unpaired) electrons. The summed E-state index contributed by atoms with van der Waals surface area (Å²) < 4.78 is 42.6. The predicted octanol–water partition coefficient (Wildman–Crippen LogP) is 4.48. The van der Waals surface area contributed by atoms with E-state index in [4.69, 9.17) is 0 Å². The number of anilines is 1. The van der Waals surface area contributed by atoms with E-state index in [1.807, 2.05) is 12.4 Å². The Morgan fingerprint density at radius 3 is 2.50 bits per heavy atom. The van der Waals surface area contributed by atoms with E-state index in [1.165, 1.54) is 31.4 Å². The molecule has 0 amide bonds. The zero-order chi connectivity index (χ0) is 18.1. The van der Waals surface area contributed by atoms with Crippen molar-refractivity contribution in [3.8, 4) is 0 Å². The topological polar surface area (TPSA) is 64.0 Å². The highest BCUT2D eigenvalue weighted by molar-refractivity contribution is 7.92. The Balaban J connectivity index is 1.60. The number of nitrogens with zero attached hydrogens (tertiary/aromatic N) is 2. The SMILES string of the molecule is O=S(=O)(Nc1ccc2c(c1)ncn2C1CCCCC1)c1ccc(F)cc1. The van der Waals surface area contributed by atoms with E-state index in [1.54, 1.807) is 12.1 Å². The quantitative estimate of drug-likeness (QED) is 0.733. The monoisotopic (exact) mass is 373 g/mol. The second kappa shape index (κ2) is 6.72. The van der Waals surface area contributed by atoms with Crippen molar-refractivity contribution < 1.29 is 12.8 Å². The molecule has 1 N–H and O–H groups in total. The third-order valence-corrected chi connectivity index (χ3v) is 6.32. The van der Waals surface area contributed by atoms with E-state index in [0.29, 0.717) is 11.7 Å². The molecule has 0 bridgehead atoms. The summed E-state index contributed by atoms with van der Waals surface area (Å²) in [5.41, 5.74) is 2.22. The summed E-state index contributed by atoms with van der Waals surface area (Å²) in [5, 5.41) is 0. The van der Waals surface area contributed by atoms with Crippen molar-refractivity contribution in [2.24, 2.45) is 0 Å². The minimum absolute atomic E-state index is 0.0201. The fourth-order valence-corrected chi connectivity index (χ4v) is 4.62. The summed E-state index contributed by atoms with van der Waals surface area (Å²) in [6, 6.07) is 10.6. The van der Waals surface area contributed by atoms with Gasteiger partial charge in [0.15, 0.2) is 0 Å². The first-order valence-corrected chi connectivity index (χ1v) is 10.3. The Morgan fingerprint density at radius 1 is 1.04 bits per heavy atom. The van der Waals surface area contributed by atoms with Crippen LogP contribution in [0.1, 0.15) is 38.1 Å². The van der Waals surface area contributed by atoms with Crippen molar-refractivity contribution in [1.29, 1.82) is 0 Å². The van der Waals surface area contributed by atoms with Crippen molar-refractivity contribution in [2.45, 2.75) is 43.0 Å². The summed E-state index contributed by atoms with van der Waals surface area (Å²) >= 11 is 0. The molecule has 0 spiro atoms. The van der Waals surface area contributed by atoms with E-state index in [0.717, 1.165) is 36.0 Å². The molecular weight excluding hydrogens is 353 g/mol. The molecule has 1 aliphatic rings. The first-order chi connectivity index (χ1) is 12.5. The lowest BCUT2D eigenvalue weighted by molar-refractivity contribution is 0.359.